The van der Waals surface area contributed by atoms with Crippen molar-refractivity contribution in [2.45, 2.75) is 0 Å². The van der Waals surface area contributed by atoms with Gasteiger partial charge in [0.05, 0.1) is 11.6 Å². The monoisotopic (exact) mass is 296 g/mol. The molecule has 2 aromatic heterocycles. The molecule has 0 aliphatic heterocycles. The SMILES string of the molecule is Brc1cc2cc(Br)sc2s1. The van der Waals surface area contributed by atoms with Crippen LogP contribution in [0, 0.1) is 0 Å². The van der Waals surface area contributed by atoms with Gasteiger partial charge in [-0.05, 0) is 44.0 Å². The molecule has 0 fully saturated rings. The molecule has 0 bridgehead atoms. The summed E-state index contributed by atoms with van der Waals surface area (Å²) in [5, 5.41) is 1.33. The second-order valence-corrected chi connectivity index (χ2v) is 6.97. The fraction of sp³-hybridized carbons (Fsp3) is 0. The summed E-state index contributed by atoms with van der Waals surface area (Å²) in [6.45, 7) is 0. The van der Waals surface area contributed by atoms with E-state index in [1.54, 1.807) is 22.7 Å². The van der Waals surface area contributed by atoms with E-state index in [2.05, 4.69) is 44.0 Å². The van der Waals surface area contributed by atoms with E-state index in [0.717, 1.165) is 0 Å². The summed E-state index contributed by atoms with van der Waals surface area (Å²) in [5.41, 5.74) is 0. The summed E-state index contributed by atoms with van der Waals surface area (Å²) in [5.74, 6) is 0. The van der Waals surface area contributed by atoms with Crippen LogP contribution >= 0.6 is 54.5 Å². The average Bonchev–Trinajstić information content (AvgIpc) is 2.21. The first-order chi connectivity index (χ1) is 4.75. The van der Waals surface area contributed by atoms with Gasteiger partial charge in [-0.25, -0.2) is 0 Å². The Morgan fingerprint density at radius 1 is 1.00 bits per heavy atom. The van der Waals surface area contributed by atoms with Gasteiger partial charge in [-0.15, -0.1) is 22.7 Å². The van der Waals surface area contributed by atoms with Crippen LogP contribution in [0.15, 0.2) is 19.7 Å². The van der Waals surface area contributed by atoms with E-state index in [1.807, 2.05) is 0 Å². The minimum Gasteiger partial charge on any atom is -0.117 e. The molecule has 0 aliphatic rings. The van der Waals surface area contributed by atoms with Crippen LogP contribution in [0.3, 0.4) is 0 Å². The van der Waals surface area contributed by atoms with Crippen molar-refractivity contribution < 1.29 is 0 Å². The average molecular weight is 298 g/mol. The summed E-state index contributed by atoms with van der Waals surface area (Å²) in [4.78, 5) is 0. The summed E-state index contributed by atoms with van der Waals surface area (Å²) in [6, 6.07) is 4.28. The van der Waals surface area contributed by atoms with E-state index < -0.39 is 0 Å². The third-order valence-electron chi connectivity index (χ3n) is 1.15. The largest absolute Gasteiger partial charge is 0.117 e. The molecule has 0 spiro atoms. The topological polar surface area (TPSA) is 0 Å². The quantitative estimate of drug-likeness (QED) is 0.672. The van der Waals surface area contributed by atoms with Gasteiger partial charge in [-0.1, -0.05) is 0 Å². The molecule has 0 unspecified atom stereocenters. The lowest BCUT2D eigenvalue weighted by atomic mass is 10.4. The van der Waals surface area contributed by atoms with E-state index in [0.29, 0.717) is 0 Å². The van der Waals surface area contributed by atoms with Gasteiger partial charge in [-0.2, -0.15) is 0 Å². The molecule has 0 amide bonds. The summed E-state index contributed by atoms with van der Waals surface area (Å²) < 4.78 is 3.79. The van der Waals surface area contributed by atoms with Gasteiger partial charge in [0.1, 0.15) is 0 Å². The second-order valence-electron chi connectivity index (χ2n) is 1.84. The van der Waals surface area contributed by atoms with E-state index in [-0.39, 0.29) is 0 Å². The number of hydrogen-bond acceptors (Lipinski definition) is 2. The van der Waals surface area contributed by atoms with Crippen LogP contribution in [0.5, 0.6) is 0 Å². The number of halogens is 2. The fourth-order valence-electron chi connectivity index (χ4n) is 0.779. The van der Waals surface area contributed by atoms with Crippen molar-refractivity contribution in [3.05, 3.63) is 19.7 Å². The van der Waals surface area contributed by atoms with E-state index >= 15 is 0 Å². The molecule has 0 N–H and O–H groups in total. The highest BCUT2D eigenvalue weighted by atomic mass is 79.9. The molecular formula is C6H2Br2S2. The van der Waals surface area contributed by atoms with Gasteiger partial charge in [0.2, 0.25) is 0 Å². The minimum absolute atomic E-state index is 1.21. The van der Waals surface area contributed by atoms with Crippen molar-refractivity contribution in [2.75, 3.05) is 0 Å². The molecular weight excluding hydrogens is 296 g/mol. The first-order valence-electron chi connectivity index (χ1n) is 2.60. The maximum atomic E-state index is 3.44. The molecule has 0 aliphatic carbocycles. The lowest BCUT2D eigenvalue weighted by molar-refractivity contribution is 2.00. The Morgan fingerprint density at radius 2 is 1.50 bits per heavy atom. The van der Waals surface area contributed by atoms with Crippen LogP contribution in [-0.2, 0) is 0 Å². The Morgan fingerprint density at radius 3 is 1.90 bits per heavy atom. The summed E-state index contributed by atoms with van der Waals surface area (Å²) in [6.07, 6.45) is 0. The van der Waals surface area contributed by atoms with E-state index in [9.17, 15) is 0 Å². The van der Waals surface area contributed by atoms with Crippen LogP contribution in [0.1, 0.15) is 0 Å². The van der Waals surface area contributed by atoms with Crippen LogP contribution < -0.4 is 0 Å². The molecule has 10 heavy (non-hydrogen) atoms. The molecule has 0 saturated heterocycles. The smallest absolute Gasteiger partial charge is 0.0889 e. The molecule has 2 aromatic rings. The number of fused-ring (bicyclic) bond motifs is 1. The lowest BCUT2D eigenvalue weighted by Crippen LogP contribution is -1.42. The molecule has 52 valence electrons. The Kier molecular flexibility index (Phi) is 1.88. The molecule has 0 radical (unpaired) electrons. The standard InChI is InChI=1S/C6H2Br2S2/c7-4-1-3-2-5(8)10-6(3)9-4/h1-2H. The molecule has 0 atom stereocenters. The van der Waals surface area contributed by atoms with Crippen molar-refractivity contribution in [3.8, 4) is 0 Å². The number of rotatable bonds is 0. The van der Waals surface area contributed by atoms with Crippen molar-refractivity contribution in [1.29, 1.82) is 0 Å². The number of thiophene rings is 2. The molecule has 0 nitrogen and oxygen atoms in total. The van der Waals surface area contributed by atoms with Crippen molar-refractivity contribution in [3.63, 3.8) is 0 Å². The Bertz CT molecular complexity index is 298. The van der Waals surface area contributed by atoms with Crippen molar-refractivity contribution in [2.24, 2.45) is 0 Å². The lowest BCUT2D eigenvalue weighted by Gasteiger charge is -1.71. The predicted octanol–water partition coefficient (Wildman–Crippen LogP) is 4.49. The van der Waals surface area contributed by atoms with Crippen molar-refractivity contribution >= 4 is 63.9 Å². The zero-order valence-corrected chi connectivity index (χ0v) is 9.53. The maximum Gasteiger partial charge on any atom is 0.0889 e. The highest BCUT2D eigenvalue weighted by molar-refractivity contribution is 9.11. The highest BCUT2D eigenvalue weighted by Gasteiger charge is 2.02. The maximum absolute atomic E-state index is 3.44. The highest BCUT2D eigenvalue weighted by Crippen LogP contribution is 2.37. The second kappa shape index (κ2) is 2.59. The molecule has 0 saturated carbocycles. The first kappa shape index (κ1) is 7.28. The van der Waals surface area contributed by atoms with Gasteiger partial charge >= 0.3 is 0 Å². The summed E-state index contributed by atoms with van der Waals surface area (Å²) >= 11 is 10.4. The molecule has 0 aromatic carbocycles. The minimum atomic E-state index is 1.21. The Balaban J connectivity index is 2.83. The van der Waals surface area contributed by atoms with Gasteiger partial charge in [-0.3, -0.25) is 0 Å². The third-order valence-corrected chi connectivity index (χ3v) is 4.55. The fourth-order valence-corrected chi connectivity index (χ4v) is 4.79. The van der Waals surface area contributed by atoms with Crippen molar-refractivity contribution in [1.82, 2.24) is 0 Å². The predicted molar refractivity (Wildman–Crippen MR) is 55.1 cm³/mol. The Labute approximate surface area is 83.1 Å². The first-order valence-corrected chi connectivity index (χ1v) is 5.82. The van der Waals surface area contributed by atoms with E-state index in [4.69, 9.17) is 0 Å². The van der Waals surface area contributed by atoms with Crippen LogP contribution in [0.25, 0.3) is 9.40 Å². The van der Waals surface area contributed by atoms with Crippen LogP contribution in [0.4, 0.5) is 0 Å². The van der Waals surface area contributed by atoms with E-state index in [1.165, 1.54) is 17.0 Å². The third kappa shape index (κ3) is 1.18. The van der Waals surface area contributed by atoms with Gasteiger partial charge in [0.15, 0.2) is 0 Å². The molecule has 4 heteroatoms. The van der Waals surface area contributed by atoms with Crippen LogP contribution in [-0.4, -0.2) is 0 Å². The zero-order chi connectivity index (χ0) is 7.14. The summed E-state index contributed by atoms with van der Waals surface area (Å²) in [7, 11) is 0. The number of hydrogen-bond donors (Lipinski definition) is 0. The van der Waals surface area contributed by atoms with Gasteiger partial charge < -0.3 is 0 Å². The molecule has 2 heterocycles. The Hall–Kier alpha value is 0.620. The zero-order valence-electron chi connectivity index (χ0n) is 4.73. The van der Waals surface area contributed by atoms with Gasteiger partial charge in [0, 0.05) is 5.39 Å². The molecule has 2 rings (SSSR count). The normalized spacial score (nSPS) is 11.0. The van der Waals surface area contributed by atoms with Gasteiger partial charge in [0.25, 0.3) is 0 Å². The van der Waals surface area contributed by atoms with Crippen LogP contribution in [0.2, 0.25) is 0 Å².